The number of aliphatic hydroxyl groups is 2. The van der Waals surface area contributed by atoms with Crippen LogP contribution >= 0.6 is 22.6 Å². The molecule has 1 heterocycles. The number of hydrogen-bond donors (Lipinski definition) is 3. The quantitative estimate of drug-likeness (QED) is 0.151. The molecule has 8 heteroatoms. The third-order valence-corrected chi connectivity index (χ3v) is 8.60. The fraction of sp³-hybridized carbons (Fsp3) is 0.600. The third kappa shape index (κ3) is 6.45. The van der Waals surface area contributed by atoms with Crippen molar-refractivity contribution in [3.8, 4) is 11.5 Å². The fourth-order valence-corrected chi connectivity index (χ4v) is 6.77. The number of halogens is 1. The molecule has 3 rings (SSSR count). The van der Waals surface area contributed by atoms with Gasteiger partial charge in [-0.05, 0) is 84.4 Å². The smallest absolute Gasteiger partial charge is 0.233 e. The van der Waals surface area contributed by atoms with E-state index in [4.69, 9.17) is 4.74 Å². The minimum atomic E-state index is -0.799. The standard InChI is InChI=1S/C30H42INO6/c1-5-8-18(13-19-14-23(31)28(35)25(15-19)38-4)10-11-24(34)26-20(9-6-2)16-21-27(22(26)17-33)30(37)32(12-7-3)29(21)36/h13-15,21-22,24,27,33-35H,5-12,16-17H2,1-4H3/b18-13+/t21-,22+,24-,27-/m1/s1. The van der Waals surface area contributed by atoms with Gasteiger partial charge in [0.2, 0.25) is 11.8 Å². The van der Waals surface area contributed by atoms with Crippen molar-refractivity contribution in [2.24, 2.45) is 17.8 Å². The summed E-state index contributed by atoms with van der Waals surface area (Å²) in [6.07, 6.45) is 7.00. The molecule has 1 aliphatic heterocycles. The van der Waals surface area contributed by atoms with E-state index < -0.39 is 23.9 Å². The Morgan fingerprint density at radius 2 is 1.89 bits per heavy atom. The van der Waals surface area contributed by atoms with Crippen molar-refractivity contribution in [2.45, 2.75) is 78.2 Å². The van der Waals surface area contributed by atoms with Gasteiger partial charge in [-0.15, -0.1) is 0 Å². The number of fused-ring (bicyclic) bond motifs is 1. The van der Waals surface area contributed by atoms with E-state index in [0.29, 0.717) is 41.5 Å². The molecule has 1 fully saturated rings. The van der Waals surface area contributed by atoms with Crippen molar-refractivity contribution < 1.29 is 29.6 Å². The molecule has 4 atom stereocenters. The van der Waals surface area contributed by atoms with Crippen molar-refractivity contribution in [3.63, 3.8) is 0 Å². The molecule has 0 bridgehead atoms. The number of rotatable bonds is 13. The number of likely N-dealkylation sites (tertiary alicyclic amines) is 1. The zero-order valence-electron chi connectivity index (χ0n) is 23.0. The summed E-state index contributed by atoms with van der Waals surface area (Å²) in [7, 11) is 1.53. The van der Waals surface area contributed by atoms with E-state index in [9.17, 15) is 24.9 Å². The highest BCUT2D eigenvalue weighted by Gasteiger charge is 2.54. The second-order valence-electron chi connectivity index (χ2n) is 10.4. The molecule has 210 valence electrons. The number of methoxy groups -OCH3 is 1. The Morgan fingerprint density at radius 1 is 1.16 bits per heavy atom. The molecule has 0 unspecified atom stereocenters. The van der Waals surface area contributed by atoms with Gasteiger partial charge in [0.1, 0.15) is 0 Å². The SMILES string of the molecule is CCCC1=C([C@H](O)CC/C(=C/c2cc(I)c(O)c(OC)c2)CCC)[C@H](CO)[C@@H]2C(=O)N(CCC)C(=O)[C@@H]2C1. The lowest BCUT2D eigenvalue weighted by atomic mass is 9.67. The predicted octanol–water partition coefficient (Wildman–Crippen LogP) is 5.45. The van der Waals surface area contributed by atoms with Gasteiger partial charge in [-0.3, -0.25) is 14.5 Å². The number of phenolic OH excluding ortho intramolecular Hbond substituents is 1. The van der Waals surface area contributed by atoms with Crippen LogP contribution in [0, 0.1) is 21.3 Å². The summed E-state index contributed by atoms with van der Waals surface area (Å²) in [5.41, 5.74) is 3.89. The molecule has 2 amide bonds. The molecule has 0 spiro atoms. The van der Waals surface area contributed by atoms with Crippen molar-refractivity contribution in [1.29, 1.82) is 0 Å². The number of carbonyl (C=O) groups is 2. The Balaban J connectivity index is 1.88. The third-order valence-electron chi connectivity index (χ3n) is 7.78. The molecule has 1 aliphatic carbocycles. The van der Waals surface area contributed by atoms with Gasteiger partial charge in [0.25, 0.3) is 0 Å². The van der Waals surface area contributed by atoms with Gasteiger partial charge in [0.15, 0.2) is 11.5 Å². The van der Waals surface area contributed by atoms with Crippen LogP contribution in [0.4, 0.5) is 0 Å². The van der Waals surface area contributed by atoms with E-state index in [2.05, 4.69) is 42.5 Å². The molecule has 0 aromatic heterocycles. The first-order chi connectivity index (χ1) is 18.2. The summed E-state index contributed by atoms with van der Waals surface area (Å²) >= 11 is 2.08. The molecule has 0 saturated carbocycles. The molecule has 1 aromatic carbocycles. The average molecular weight is 640 g/mol. The van der Waals surface area contributed by atoms with E-state index >= 15 is 0 Å². The minimum absolute atomic E-state index is 0.121. The zero-order chi connectivity index (χ0) is 28.0. The molecule has 0 radical (unpaired) electrons. The number of hydrogen-bond acceptors (Lipinski definition) is 6. The Bertz CT molecular complexity index is 1080. The Kier molecular flexibility index (Phi) is 11.2. The number of aromatic hydroxyl groups is 1. The molecular weight excluding hydrogens is 597 g/mol. The van der Waals surface area contributed by atoms with Crippen molar-refractivity contribution in [3.05, 3.63) is 38.0 Å². The van der Waals surface area contributed by atoms with E-state index in [1.807, 2.05) is 13.0 Å². The van der Waals surface area contributed by atoms with Crippen LogP contribution in [-0.4, -0.2) is 58.4 Å². The summed E-state index contributed by atoms with van der Waals surface area (Å²) in [5.74, 6) is -1.36. The van der Waals surface area contributed by atoms with Crippen LogP contribution in [0.25, 0.3) is 6.08 Å². The molecule has 7 nitrogen and oxygen atoms in total. The van der Waals surface area contributed by atoms with Crippen LogP contribution in [0.2, 0.25) is 0 Å². The lowest BCUT2D eigenvalue weighted by Crippen LogP contribution is -2.39. The number of imide groups is 1. The molecule has 1 saturated heterocycles. The predicted molar refractivity (Wildman–Crippen MR) is 157 cm³/mol. The number of amides is 2. The topological polar surface area (TPSA) is 107 Å². The average Bonchev–Trinajstić information content (AvgIpc) is 3.13. The number of benzene rings is 1. The monoisotopic (exact) mass is 639 g/mol. The Morgan fingerprint density at radius 3 is 2.50 bits per heavy atom. The van der Waals surface area contributed by atoms with Crippen LogP contribution < -0.4 is 4.74 Å². The number of aliphatic hydroxyl groups excluding tert-OH is 2. The first kappa shape index (κ1) is 30.6. The van der Waals surface area contributed by atoms with E-state index in [0.717, 1.165) is 42.4 Å². The summed E-state index contributed by atoms with van der Waals surface area (Å²) in [5, 5.41) is 32.1. The molecule has 3 N–H and O–H groups in total. The minimum Gasteiger partial charge on any atom is -0.504 e. The first-order valence-electron chi connectivity index (χ1n) is 13.8. The summed E-state index contributed by atoms with van der Waals surface area (Å²) in [6, 6.07) is 3.71. The zero-order valence-corrected chi connectivity index (χ0v) is 25.2. The Hall–Kier alpha value is -1.91. The largest absolute Gasteiger partial charge is 0.504 e. The second-order valence-corrected chi connectivity index (χ2v) is 11.6. The van der Waals surface area contributed by atoms with Gasteiger partial charge in [0.05, 0.1) is 35.2 Å². The van der Waals surface area contributed by atoms with Crippen molar-refractivity contribution in [1.82, 2.24) is 4.90 Å². The molecular formula is C30H42INO6. The maximum atomic E-state index is 13.3. The van der Waals surface area contributed by atoms with Gasteiger partial charge in [-0.25, -0.2) is 0 Å². The lowest BCUT2D eigenvalue weighted by Gasteiger charge is -2.36. The van der Waals surface area contributed by atoms with Crippen LogP contribution in [0.3, 0.4) is 0 Å². The summed E-state index contributed by atoms with van der Waals surface area (Å²) < 4.78 is 6.01. The highest BCUT2D eigenvalue weighted by atomic mass is 127. The summed E-state index contributed by atoms with van der Waals surface area (Å²) in [4.78, 5) is 27.7. The van der Waals surface area contributed by atoms with Crippen LogP contribution in [0.15, 0.2) is 28.9 Å². The van der Waals surface area contributed by atoms with Crippen molar-refractivity contribution in [2.75, 3.05) is 20.3 Å². The van der Waals surface area contributed by atoms with Crippen LogP contribution in [0.5, 0.6) is 11.5 Å². The Labute approximate surface area is 240 Å². The lowest BCUT2D eigenvalue weighted by molar-refractivity contribution is -0.140. The number of carbonyl (C=O) groups excluding carboxylic acids is 2. The molecule has 2 aliphatic rings. The van der Waals surface area contributed by atoms with Gasteiger partial charge in [-0.2, -0.15) is 0 Å². The van der Waals surface area contributed by atoms with Gasteiger partial charge < -0.3 is 20.1 Å². The van der Waals surface area contributed by atoms with E-state index in [-0.39, 0.29) is 24.2 Å². The number of phenols is 1. The van der Waals surface area contributed by atoms with Crippen molar-refractivity contribution >= 4 is 40.5 Å². The maximum absolute atomic E-state index is 13.3. The number of allylic oxidation sites excluding steroid dienone is 2. The maximum Gasteiger partial charge on any atom is 0.233 e. The molecule has 38 heavy (non-hydrogen) atoms. The van der Waals surface area contributed by atoms with Crippen LogP contribution in [-0.2, 0) is 9.59 Å². The second kappa shape index (κ2) is 13.9. The number of nitrogens with zero attached hydrogens (tertiary/aromatic N) is 1. The van der Waals surface area contributed by atoms with E-state index in [1.165, 1.54) is 17.6 Å². The fourth-order valence-electron chi connectivity index (χ4n) is 6.14. The number of ether oxygens (including phenoxy) is 1. The normalized spacial score (nSPS) is 22.8. The van der Waals surface area contributed by atoms with Gasteiger partial charge in [-0.1, -0.05) is 50.8 Å². The molecule has 1 aromatic rings. The van der Waals surface area contributed by atoms with Gasteiger partial charge in [0, 0.05) is 12.5 Å². The van der Waals surface area contributed by atoms with Gasteiger partial charge >= 0.3 is 0 Å². The highest BCUT2D eigenvalue weighted by Crippen LogP contribution is 2.47. The first-order valence-corrected chi connectivity index (χ1v) is 14.9. The summed E-state index contributed by atoms with van der Waals surface area (Å²) in [6.45, 7) is 6.26. The highest BCUT2D eigenvalue weighted by molar-refractivity contribution is 14.1. The van der Waals surface area contributed by atoms with Crippen LogP contribution in [0.1, 0.15) is 77.7 Å². The van der Waals surface area contributed by atoms with E-state index in [1.54, 1.807) is 6.07 Å².